The maximum Gasteiger partial charge on any atom is 0.332 e. The highest BCUT2D eigenvalue weighted by Gasteiger charge is 2.58. The standard InChI is InChI=1S/C21H28O3/c1-12-17(22)11-13-6-7-14-15-5-4-9-20(15,2)10-8-16(14)21(13,3)18(12)19(23)24/h11,14-16H,4-10H2,1-3H3,(H,23,24)/t14-,15-,16-,20-,21-/m0/s1. The molecule has 0 amide bonds. The molecule has 0 radical (unpaired) electrons. The predicted octanol–water partition coefficient (Wildman–Crippen LogP) is 4.53. The zero-order valence-electron chi connectivity index (χ0n) is 15.0. The molecule has 0 heterocycles. The van der Waals surface area contributed by atoms with E-state index in [1.807, 2.05) is 0 Å². The Kier molecular flexibility index (Phi) is 3.40. The molecule has 24 heavy (non-hydrogen) atoms. The summed E-state index contributed by atoms with van der Waals surface area (Å²) in [5.74, 6) is 0.739. The van der Waals surface area contributed by atoms with E-state index in [1.54, 1.807) is 13.0 Å². The van der Waals surface area contributed by atoms with Gasteiger partial charge in [0, 0.05) is 11.0 Å². The van der Waals surface area contributed by atoms with Crippen LogP contribution in [0.3, 0.4) is 0 Å². The highest BCUT2D eigenvalue weighted by Crippen LogP contribution is 2.66. The average molecular weight is 328 g/mol. The van der Waals surface area contributed by atoms with E-state index >= 15 is 0 Å². The molecular weight excluding hydrogens is 300 g/mol. The molecule has 0 aromatic carbocycles. The fourth-order valence-electron chi connectivity index (χ4n) is 6.95. The van der Waals surface area contributed by atoms with Crippen molar-refractivity contribution in [3.05, 3.63) is 22.8 Å². The Morgan fingerprint density at radius 3 is 2.62 bits per heavy atom. The SMILES string of the molecule is CC1=C(C(=O)O)[C@@]2(C)C(=CC1=O)CC[C@H]1[C@@H]3CCC[C@@]3(C)CC[C@@H]12. The topological polar surface area (TPSA) is 54.4 Å². The van der Waals surface area contributed by atoms with Gasteiger partial charge in [0.2, 0.25) is 0 Å². The summed E-state index contributed by atoms with van der Waals surface area (Å²) >= 11 is 0. The van der Waals surface area contributed by atoms with Crippen LogP contribution in [0.5, 0.6) is 0 Å². The number of ketones is 1. The number of carboxylic acid groups (broad SMARTS) is 1. The summed E-state index contributed by atoms with van der Waals surface area (Å²) in [4.78, 5) is 24.4. The van der Waals surface area contributed by atoms with Crippen LogP contribution in [0.15, 0.2) is 22.8 Å². The van der Waals surface area contributed by atoms with Crippen molar-refractivity contribution >= 4 is 11.8 Å². The Labute approximate surface area is 144 Å². The lowest BCUT2D eigenvalue weighted by Crippen LogP contribution is -2.51. The first-order valence-corrected chi connectivity index (χ1v) is 9.49. The fraction of sp³-hybridized carbons (Fsp3) is 0.714. The molecule has 3 heteroatoms. The number of hydrogen-bond acceptors (Lipinski definition) is 2. The first-order valence-electron chi connectivity index (χ1n) is 9.49. The molecule has 0 saturated heterocycles. The average Bonchev–Trinajstić information content (AvgIpc) is 2.90. The van der Waals surface area contributed by atoms with E-state index in [4.69, 9.17) is 0 Å². The van der Waals surface area contributed by atoms with Gasteiger partial charge >= 0.3 is 5.97 Å². The Bertz CT molecular complexity index is 685. The fourth-order valence-corrected chi connectivity index (χ4v) is 6.95. The third-order valence-electron chi connectivity index (χ3n) is 8.16. The monoisotopic (exact) mass is 328 g/mol. The molecule has 5 atom stereocenters. The van der Waals surface area contributed by atoms with Gasteiger partial charge in [0.25, 0.3) is 0 Å². The van der Waals surface area contributed by atoms with E-state index in [0.717, 1.165) is 30.8 Å². The second-order valence-corrected chi connectivity index (χ2v) is 9.04. The van der Waals surface area contributed by atoms with Crippen LogP contribution in [0.4, 0.5) is 0 Å². The summed E-state index contributed by atoms with van der Waals surface area (Å²) in [6.07, 6.45) is 10.1. The van der Waals surface area contributed by atoms with Crippen molar-refractivity contribution in [2.75, 3.05) is 0 Å². The third kappa shape index (κ3) is 1.90. The quantitative estimate of drug-likeness (QED) is 0.769. The van der Waals surface area contributed by atoms with Crippen molar-refractivity contribution in [3.63, 3.8) is 0 Å². The molecule has 4 rings (SSSR count). The van der Waals surface area contributed by atoms with E-state index < -0.39 is 11.4 Å². The van der Waals surface area contributed by atoms with Crippen LogP contribution < -0.4 is 0 Å². The number of carbonyl (C=O) groups excluding carboxylic acids is 1. The molecule has 0 aromatic rings. The summed E-state index contributed by atoms with van der Waals surface area (Å²) in [7, 11) is 0. The van der Waals surface area contributed by atoms with Crippen LogP contribution in [0.25, 0.3) is 0 Å². The molecule has 0 aromatic heterocycles. The zero-order valence-corrected chi connectivity index (χ0v) is 15.0. The van der Waals surface area contributed by atoms with Gasteiger partial charge in [-0.15, -0.1) is 0 Å². The number of hydrogen-bond donors (Lipinski definition) is 1. The van der Waals surface area contributed by atoms with Crippen LogP contribution >= 0.6 is 0 Å². The lowest BCUT2D eigenvalue weighted by molar-refractivity contribution is -0.135. The number of fused-ring (bicyclic) bond motifs is 5. The second-order valence-electron chi connectivity index (χ2n) is 9.04. The molecule has 0 spiro atoms. The lowest BCUT2D eigenvalue weighted by atomic mass is 9.46. The van der Waals surface area contributed by atoms with E-state index in [1.165, 1.54) is 25.7 Å². The first-order chi connectivity index (χ1) is 11.3. The summed E-state index contributed by atoms with van der Waals surface area (Å²) < 4.78 is 0. The highest BCUT2D eigenvalue weighted by atomic mass is 16.4. The van der Waals surface area contributed by atoms with Gasteiger partial charge in [-0.05, 0) is 74.7 Å². The number of rotatable bonds is 1. The predicted molar refractivity (Wildman–Crippen MR) is 92.4 cm³/mol. The van der Waals surface area contributed by atoms with Crippen molar-refractivity contribution in [1.29, 1.82) is 0 Å². The Balaban J connectivity index is 1.82. The number of aliphatic carboxylic acids is 1. The Morgan fingerprint density at radius 1 is 1.17 bits per heavy atom. The van der Waals surface area contributed by atoms with Gasteiger partial charge in [0.15, 0.2) is 5.78 Å². The molecule has 1 N–H and O–H groups in total. The van der Waals surface area contributed by atoms with Gasteiger partial charge in [0.1, 0.15) is 0 Å². The molecule has 4 aliphatic rings. The number of carbonyl (C=O) groups is 2. The summed E-state index contributed by atoms with van der Waals surface area (Å²) in [6.45, 7) is 6.28. The molecule has 0 unspecified atom stereocenters. The van der Waals surface area contributed by atoms with Crippen molar-refractivity contribution in [3.8, 4) is 0 Å². The summed E-state index contributed by atoms with van der Waals surface area (Å²) in [5.41, 5.74) is 1.94. The maximum atomic E-state index is 12.3. The lowest BCUT2D eigenvalue weighted by Gasteiger charge is -2.57. The van der Waals surface area contributed by atoms with Gasteiger partial charge in [-0.25, -0.2) is 4.79 Å². The van der Waals surface area contributed by atoms with Crippen LogP contribution in [0, 0.1) is 28.6 Å². The Hall–Kier alpha value is -1.38. The van der Waals surface area contributed by atoms with E-state index in [2.05, 4.69) is 13.8 Å². The second kappa shape index (κ2) is 5.06. The maximum absolute atomic E-state index is 12.3. The minimum atomic E-state index is -0.894. The normalized spacial score (nSPS) is 44.5. The highest BCUT2D eigenvalue weighted by molar-refractivity contribution is 6.11. The van der Waals surface area contributed by atoms with Gasteiger partial charge in [-0.1, -0.05) is 25.8 Å². The van der Waals surface area contributed by atoms with Crippen LogP contribution in [-0.2, 0) is 9.59 Å². The van der Waals surface area contributed by atoms with Crippen molar-refractivity contribution in [2.45, 2.75) is 65.7 Å². The first kappa shape index (κ1) is 16.1. The van der Waals surface area contributed by atoms with Gasteiger partial charge in [0.05, 0.1) is 5.57 Å². The van der Waals surface area contributed by atoms with E-state index in [-0.39, 0.29) is 5.78 Å². The van der Waals surface area contributed by atoms with Gasteiger partial charge in [-0.2, -0.15) is 0 Å². The smallest absolute Gasteiger partial charge is 0.332 e. The largest absolute Gasteiger partial charge is 0.478 e. The van der Waals surface area contributed by atoms with Crippen molar-refractivity contribution in [2.24, 2.45) is 28.6 Å². The minimum absolute atomic E-state index is 0.0974. The van der Waals surface area contributed by atoms with Crippen LogP contribution in [-0.4, -0.2) is 16.9 Å². The van der Waals surface area contributed by atoms with Gasteiger partial charge in [-0.3, -0.25) is 4.79 Å². The minimum Gasteiger partial charge on any atom is -0.478 e. The third-order valence-corrected chi connectivity index (χ3v) is 8.16. The van der Waals surface area contributed by atoms with E-state index in [0.29, 0.717) is 28.4 Å². The number of carboxylic acids is 1. The van der Waals surface area contributed by atoms with E-state index in [9.17, 15) is 14.7 Å². The molecule has 4 aliphatic carbocycles. The molecule has 0 aliphatic heterocycles. The van der Waals surface area contributed by atoms with Gasteiger partial charge < -0.3 is 5.11 Å². The Morgan fingerprint density at radius 2 is 1.92 bits per heavy atom. The summed E-state index contributed by atoms with van der Waals surface area (Å²) in [5, 5.41) is 9.92. The van der Waals surface area contributed by atoms with Crippen molar-refractivity contribution in [1.82, 2.24) is 0 Å². The summed E-state index contributed by atoms with van der Waals surface area (Å²) in [6, 6.07) is 0. The molecule has 3 fully saturated rings. The molecule has 0 bridgehead atoms. The van der Waals surface area contributed by atoms with Crippen LogP contribution in [0.2, 0.25) is 0 Å². The zero-order chi connectivity index (χ0) is 17.3. The molecule has 130 valence electrons. The molecule has 3 saturated carbocycles. The molecule has 3 nitrogen and oxygen atoms in total. The van der Waals surface area contributed by atoms with Crippen LogP contribution in [0.1, 0.15) is 65.7 Å². The van der Waals surface area contributed by atoms with Crippen molar-refractivity contribution < 1.29 is 14.7 Å². The molecular formula is C21H28O3. The number of allylic oxidation sites excluding steroid dienone is 3.